The van der Waals surface area contributed by atoms with Crippen molar-refractivity contribution in [1.29, 1.82) is 0 Å². The summed E-state index contributed by atoms with van der Waals surface area (Å²) in [7, 11) is 0. The summed E-state index contributed by atoms with van der Waals surface area (Å²) >= 11 is 0. The van der Waals surface area contributed by atoms with E-state index in [0.717, 1.165) is 73.3 Å². The van der Waals surface area contributed by atoms with E-state index in [-0.39, 0.29) is 38.1 Å². The number of allylic oxidation sites excluding steroid dienone is 18. The first-order chi connectivity index (χ1) is 34.9. The first-order valence-corrected chi connectivity index (χ1v) is 25.5. The first kappa shape index (κ1) is 55.6. The van der Waals surface area contributed by atoms with Crippen LogP contribution in [0.5, 0.6) is 0 Å². The highest BCUT2D eigenvalue weighted by Gasteiger charge is 2.47. The summed E-state index contributed by atoms with van der Waals surface area (Å²) < 4.78 is 35.8. The number of ether oxygens (including phenoxy) is 6. The molecule has 18 nitrogen and oxygen atoms in total. The van der Waals surface area contributed by atoms with Crippen LogP contribution in [0.1, 0.15) is 66.2 Å². The van der Waals surface area contributed by atoms with Gasteiger partial charge in [0, 0.05) is 6.61 Å². The summed E-state index contributed by atoms with van der Waals surface area (Å²) in [6.45, 7) is 10.6. The van der Waals surface area contributed by atoms with Gasteiger partial charge in [-0.2, -0.15) is 0 Å². The molecule has 0 aromatic rings. The van der Waals surface area contributed by atoms with Crippen LogP contribution in [0.15, 0.2) is 127 Å². The predicted molar refractivity (Wildman–Crippen MR) is 263 cm³/mol. The van der Waals surface area contributed by atoms with Gasteiger partial charge in [-0.25, -0.2) is 0 Å². The fraction of sp³-hybridized carbons (Fsp3) is 0.600. The second kappa shape index (κ2) is 23.8. The highest BCUT2D eigenvalue weighted by molar-refractivity contribution is 5.68. The molecule has 8 aliphatic rings. The number of hydrogen-bond donors (Lipinski definition) is 12. The summed E-state index contributed by atoms with van der Waals surface area (Å²) in [6, 6.07) is 0. The molecule has 3 saturated heterocycles. The van der Waals surface area contributed by atoms with E-state index in [1.54, 1.807) is 0 Å². The van der Waals surface area contributed by atoms with Gasteiger partial charge in [-0.15, -0.1) is 0 Å². The van der Waals surface area contributed by atoms with Gasteiger partial charge in [0.2, 0.25) is 0 Å². The molecule has 8 bridgehead atoms. The molecule has 18 heteroatoms. The topological polar surface area (TPSA) is 298 Å². The number of rotatable bonds is 17. The number of aliphatic hydroxyl groups excluding tert-OH is 12. The van der Waals surface area contributed by atoms with Crippen molar-refractivity contribution >= 4 is 0 Å². The molecule has 0 saturated carbocycles. The summed E-state index contributed by atoms with van der Waals surface area (Å²) in [5.41, 5.74) is 14.1. The SMILES string of the molecule is C=CC1=CC2=CC3=CC(=C(CCOC4O[C@H](CO)[C@@H](O)[C@H](O)[C@H]4O)C4=C(COC5O[C@H](CO)[C@@H](O)[C@H](O)[C@H]5O)C(C)=C(C=C5C=C(C=C1C2)C(C)=C5CC)C4)[C@@H](CCCOC1O[C@H](CO)[C@@H](O)[C@H](O)[C@H]1O)[C@@H]3C. The number of fused-ring (bicyclic) bond motifs is 6. The average molecular weight is 1020 g/mol. The lowest BCUT2D eigenvalue weighted by Crippen LogP contribution is -2.59. The van der Waals surface area contributed by atoms with Crippen LogP contribution in [0.3, 0.4) is 0 Å². The minimum atomic E-state index is -1.67. The Labute approximate surface area is 425 Å². The Hall–Kier alpha value is -3.58. The Morgan fingerprint density at radius 2 is 1.16 bits per heavy atom. The lowest BCUT2D eigenvalue weighted by Gasteiger charge is -2.39. The number of hydrogen-bond acceptors (Lipinski definition) is 18. The molecular weight excluding hydrogens is 949 g/mol. The highest BCUT2D eigenvalue weighted by atomic mass is 16.7. The Bertz CT molecular complexity index is 2400. The van der Waals surface area contributed by atoms with Crippen LogP contribution in [-0.4, -0.2) is 193 Å². The fourth-order valence-electron chi connectivity index (χ4n) is 11.5. The second-order valence-electron chi connectivity index (χ2n) is 20.3. The van der Waals surface area contributed by atoms with Crippen molar-refractivity contribution in [1.82, 2.24) is 0 Å². The Morgan fingerprint density at radius 1 is 0.603 bits per heavy atom. The summed E-state index contributed by atoms with van der Waals surface area (Å²) in [5.74, 6) is -0.259. The van der Waals surface area contributed by atoms with Gasteiger partial charge in [-0.3, -0.25) is 0 Å². The minimum Gasteiger partial charge on any atom is -0.394 e. The van der Waals surface area contributed by atoms with Crippen LogP contribution >= 0.6 is 0 Å². The highest BCUT2D eigenvalue weighted by Crippen LogP contribution is 2.49. The van der Waals surface area contributed by atoms with Gasteiger partial charge < -0.3 is 89.7 Å². The maximum absolute atomic E-state index is 11.1. The Kier molecular flexibility index (Phi) is 18.1. The molecular formula is C55H74O18. The average Bonchev–Trinajstić information content (AvgIpc) is 4.10. The van der Waals surface area contributed by atoms with Gasteiger partial charge in [0.05, 0.1) is 33.0 Å². The van der Waals surface area contributed by atoms with Crippen molar-refractivity contribution in [3.8, 4) is 0 Å². The van der Waals surface area contributed by atoms with Gasteiger partial charge in [0.25, 0.3) is 0 Å². The van der Waals surface area contributed by atoms with E-state index in [4.69, 9.17) is 28.4 Å². The van der Waals surface area contributed by atoms with Gasteiger partial charge in [0.1, 0.15) is 73.2 Å². The first-order valence-electron chi connectivity index (χ1n) is 25.5. The standard InChI is InChI=1S/C55H74O18/c1-6-29-13-28-14-30-19-38(36(26(30)4)9-8-11-68-53-50(65)47(62)44(59)41(21-56)71-53)37(10-12-69-54-51(66)48(63)45(60)42(22-57)72-54)39-20-32(18-34-17-31(16-33(29)15-28)25(3)35(34)7-2)27(5)40(39)24-70-55-52(67)49(64)46(61)43(23-58)73-55/h6,13-14,16-19,26,36,41-67H,1,7-12,15,20-24H2,2-5H3/t26-,36+,41-,42-,43-,44-,45-,46-,47+,48+,49+,50-,51-,52-,53?,54?,55?/m1/s1. The van der Waals surface area contributed by atoms with E-state index in [0.29, 0.717) is 25.7 Å². The monoisotopic (exact) mass is 1020 g/mol. The van der Waals surface area contributed by atoms with Gasteiger partial charge >= 0.3 is 0 Å². The maximum Gasteiger partial charge on any atom is 0.187 e. The van der Waals surface area contributed by atoms with E-state index in [2.05, 4.69) is 63.8 Å². The molecule has 402 valence electrons. The molecule has 3 heterocycles. The lowest BCUT2D eigenvalue weighted by atomic mass is 9.81. The van der Waals surface area contributed by atoms with E-state index in [1.807, 2.05) is 13.0 Å². The Morgan fingerprint density at radius 3 is 1.71 bits per heavy atom. The van der Waals surface area contributed by atoms with Crippen molar-refractivity contribution in [2.45, 2.75) is 158 Å². The van der Waals surface area contributed by atoms with Crippen molar-refractivity contribution in [2.24, 2.45) is 11.8 Å². The molecule has 3 fully saturated rings. The molecule has 73 heavy (non-hydrogen) atoms. The minimum absolute atomic E-state index is 0.0689. The van der Waals surface area contributed by atoms with E-state index in [1.165, 1.54) is 11.1 Å². The van der Waals surface area contributed by atoms with E-state index in [9.17, 15) is 61.3 Å². The number of aliphatic hydroxyl groups is 12. The quantitative estimate of drug-likeness (QED) is 0.0908. The van der Waals surface area contributed by atoms with E-state index < -0.39 is 112 Å². The fourth-order valence-corrected chi connectivity index (χ4v) is 11.5. The van der Waals surface area contributed by atoms with Gasteiger partial charge in [-0.05, 0) is 148 Å². The maximum atomic E-state index is 11.1. The summed E-state index contributed by atoms with van der Waals surface area (Å²) in [5, 5.41) is 126. The molecule has 3 aliphatic heterocycles. The van der Waals surface area contributed by atoms with Gasteiger partial charge in [0.15, 0.2) is 18.9 Å². The largest absolute Gasteiger partial charge is 0.394 e. The summed E-state index contributed by atoms with van der Waals surface area (Å²) in [4.78, 5) is 0. The van der Waals surface area contributed by atoms with Crippen molar-refractivity contribution in [2.75, 3.05) is 39.6 Å². The van der Waals surface area contributed by atoms with Crippen LogP contribution < -0.4 is 0 Å². The molecule has 5 aliphatic carbocycles. The van der Waals surface area contributed by atoms with Crippen molar-refractivity contribution in [3.05, 3.63) is 127 Å². The molecule has 17 atom stereocenters. The molecule has 0 spiro atoms. The van der Waals surface area contributed by atoms with Crippen LogP contribution in [-0.2, 0) is 28.4 Å². The van der Waals surface area contributed by atoms with Crippen LogP contribution in [0.4, 0.5) is 0 Å². The third kappa shape index (κ3) is 11.2. The molecule has 8 rings (SSSR count). The molecule has 0 aromatic heterocycles. The van der Waals surface area contributed by atoms with Crippen molar-refractivity contribution in [3.63, 3.8) is 0 Å². The third-order valence-electron chi connectivity index (χ3n) is 16.0. The zero-order valence-corrected chi connectivity index (χ0v) is 41.9. The Balaban J connectivity index is 1.24. The third-order valence-corrected chi connectivity index (χ3v) is 16.0. The molecule has 0 radical (unpaired) electrons. The smallest absolute Gasteiger partial charge is 0.187 e. The van der Waals surface area contributed by atoms with Crippen molar-refractivity contribution < 1.29 is 89.7 Å². The van der Waals surface area contributed by atoms with Crippen LogP contribution in [0.25, 0.3) is 0 Å². The molecule has 0 aromatic carbocycles. The predicted octanol–water partition coefficient (Wildman–Crippen LogP) is 1.09. The zero-order chi connectivity index (χ0) is 52.6. The van der Waals surface area contributed by atoms with Crippen LogP contribution in [0.2, 0.25) is 0 Å². The lowest BCUT2D eigenvalue weighted by molar-refractivity contribution is -0.301. The molecule has 0 amide bonds. The summed E-state index contributed by atoms with van der Waals surface area (Å²) in [6.07, 6.45) is -4.06. The zero-order valence-electron chi connectivity index (χ0n) is 41.9. The van der Waals surface area contributed by atoms with E-state index >= 15 is 0 Å². The van der Waals surface area contributed by atoms with Crippen LogP contribution in [0, 0.1) is 11.8 Å². The van der Waals surface area contributed by atoms with Gasteiger partial charge in [-0.1, -0.05) is 56.9 Å². The normalized spacial score (nSPS) is 37.9. The molecule has 3 unspecified atom stereocenters. The molecule has 12 N–H and O–H groups in total. The second-order valence-corrected chi connectivity index (χ2v) is 20.3.